The van der Waals surface area contributed by atoms with Crippen LogP contribution in [0.3, 0.4) is 0 Å². The van der Waals surface area contributed by atoms with E-state index in [-0.39, 0.29) is 35.7 Å². The van der Waals surface area contributed by atoms with Crippen LogP contribution in [0, 0.1) is 28.6 Å². The van der Waals surface area contributed by atoms with Crippen molar-refractivity contribution in [1.82, 2.24) is 0 Å². The summed E-state index contributed by atoms with van der Waals surface area (Å²) in [6.45, 7) is 6.18. The molecule has 7 nitrogen and oxygen atoms in total. The Morgan fingerprint density at radius 2 is 1.85 bits per heavy atom. The van der Waals surface area contributed by atoms with Crippen LogP contribution < -0.4 is 0 Å². The Morgan fingerprint density at radius 1 is 1.12 bits per heavy atom. The molecule has 8 atom stereocenters. The van der Waals surface area contributed by atoms with E-state index in [0.717, 1.165) is 24.8 Å². The van der Waals surface area contributed by atoms with Crippen molar-refractivity contribution >= 4 is 12.2 Å². The summed E-state index contributed by atoms with van der Waals surface area (Å²) in [4.78, 5) is 16.6. The van der Waals surface area contributed by atoms with Gasteiger partial charge < -0.3 is 25.2 Å². The number of fused-ring (bicyclic) bond motifs is 5. The van der Waals surface area contributed by atoms with Gasteiger partial charge in [-0.25, -0.2) is 4.79 Å². The maximum atomic E-state index is 12.4. The van der Waals surface area contributed by atoms with E-state index in [1.807, 2.05) is 20.1 Å². The van der Waals surface area contributed by atoms with Crippen LogP contribution >= 0.6 is 0 Å². The molecule has 5 unspecified atom stereocenters. The number of ether oxygens (including phenoxy) is 1. The van der Waals surface area contributed by atoms with Gasteiger partial charge in [-0.3, -0.25) is 4.99 Å². The molecule has 0 aromatic heterocycles. The highest BCUT2D eigenvalue weighted by Gasteiger charge is 2.71. The predicted octanol–water partition coefficient (Wildman–Crippen LogP) is 2.54. The molecule has 0 bridgehead atoms. The smallest absolute Gasteiger partial charge is 0.331 e. The molecule has 4 N–H and O–H groups in total. The van der Waals surface area contributed by atoms with Gasteiger partial charge in [0.25, 0.3) is 0 Å². The number of aliphatic hydroxyl groups excluding tert-OH is 2. The minimum absolute atomic E-state index is 0.00841. The predicted molar refractivity (Wildman–Crippen MR) is 127 cm³/mol. The molecule has 4 saturated carbocycles. The second kappa shape index (κ2) is 7.86. The fourth-order valence-corrected chi connectivity index (χ4v) is 8.69. The fraction of sp³-hybridized carbons (Fsp3) is 0.852. The Hall–Kier alpha value is -1.28. The van der Waals surface area contributed by atoms with Gasteiger partial charge in [0.1, 0.15) is 6.61 Å². The van der Waals surface area contributed by atoms with Gasteiger partial charge in [-0.05, 0) is 88.5 Å². The third-order valence-electron chi connectivity index (χ3n) is 10.7. The van der Waals surface area contributed by atoms with Gasteiger partial charge in [-0.1, -0.05) is 6.92 Å². The molecule has 0 radical (unpaired) electrons. The average Bonchev–Trinajstić information content (AvgIpc) is 3.32. The first-order chi connectivity index (χ1) is 15.9. The van der Waals surface area contributed by atoms with E-state index in [4.69, 9.17) is 9.73 Å². The lowest BCUT2D eigenvalue weighted by Crippen LogP contribution is -2.69. The zero-order valence-corrected chi connectivity index (χ0v) is 20.8. The van der Waals surface area contributed by atoms with E-state index in [0.29, 0.717) is 45.1 Å². The standard InChI is InChI=1S/C27H41NO6/c1-23(2,16-29)28-15-25-9-4-18(30)13-26(25,32)10-6-21-20(25)5-8-24(3)19(7-11-27(21,24)33)17-12-22(31)34-14-17/h12,15,18-21,29-30,32-33H,4-11,13-14,16H2,1-3H3/t18?,19?,20-,21?,24+,25-,26?,27?/m0/s1. The summed E-state index contributed by atoms with van der Waals surface area (Å²) < 4.78 is 5.22. The van der Waals surface area contributed by atoms with Crippen molar-refractivity contribution in [2.24, 2.45) is 33.6 Å². The minimum Gasteiger partial charge on any atom is -0.458 e. The van der Waals surface area contributed by atoms with Gasteiger partial charge in [-0.15, -0.1) is 0 Å². The number of aliphatic hydroxyl groups is 4. The maximum Gasteiger partial charge on any atom is 0.331 e. The molecule has 0 saturated heterocycles. The summed E-state index contributed by atoms with van der Waals surface area (Å²) in [5.41, 5.74) is -2.59. The molecule has 4 aliphatic carbocycles. The molecule has 4 fully saturated rings. The largest absolute Gasteiger partial charge is 0.458 e. The number of nitrogens with zero attached hydrogens (tertiary/aromatic N) is 1. The van der Waals surface area contributed by atoms with Crippen LogP contribution in [-0.4, -0.2) is 68.7 Å². The van der Waals surface area contributed by atoms with Gasteiger partial charge in [0.05, 0.1) is 29.5 Å². The summed E-state index contributed by atoms with van der Waals surface area (Å²) in [6.07, 6.45) is 8.95. The highest BCUT2D eigenvalue weighted by molar-refractivity contribution is 5.85. The van der Waals surface area contributed by atoms with E-state index >= 15 is 0 Å². The van der Waals surface area contributed by atoms with Crippen LogP contribution in [0.25, 0.3) is 0 Å². The lowest BCUT2D eigenvalue weighted by atomic mass is 9.41. The molecule has 0 aromatic rings. The summed E-state index contributed by atoms with van der Waals surface area (Å²) in [5.74, 6) is -0.108. The minimum atomic E-state index is -1.07. The van der Waals surface area contributed by atoms with Crippen LogP contribution in [-0.2, 0) is 9.53 Å². The monoisotopic (exact) mass is 475 g/mol. The Morgan fingerprint density at radius 3 is 2.53 bits per heavy atom. The fourth-order valence-electron chi connectivity index (χ4n) is 8.69. The van der Waals surface area contributed by atoms with Crippen molar-refractivity contribution in [3.63, 3.8) is 0 Å². The van der Waals surface area contributed by atoms with Gasteiger partial charge in [-0.2, -0.15) is 0 Å². The first-order valence-electron chi connectivity index (χ1n) is 13.1. The van der Waals surface area contributed by atoms with Crippen molar-refractivity contribution in [2.45, 2.75) is 101 Å². The number of aliphatic imine (C=N–C) groups is 1. The Labute approximate surface area is 202 Å². The van der Waals surface area contributed by atoms with Crippen molar-refractivity contribution in [3.8, 4) is 0 Å². The first-order valence-corrected chi connectivity index (χ1v) is 13.1. The zero-order valence-electron chi connectivity index (χ0n) is 20.8. The Bertz CT molecular complexity index is 915. The number of esters is 1. The number of hydrogen-bond acceptors (Lipinski definition) is 7. The van der Waals surface area contributed by atoms with Gasteiger partial charge in [0.2, 0.25) is 0 Å². The second-order valence-electron chi connectivity index (χ2n) is 12.7. The van der Waals surface area contributed by atoms with Crippen LogP contribution in [0.4, 0.5) is 0 Å². The third-order valence-corrected chi connectivity index (χ3v) is 10.7. The molecule has 7 heteroatoms. The molecule has 5 rings (SSSR count). The molecule has 1 aliphatic heterocycles. The zero-order chi connectivity index (χ0) is 24.6. The molecule has 0 aromatic carbocycles. The number of cyclic esters (lactones) is 1. The lowest BCUT2D eigenvalue weighted by molar-refractivity contribution is -0.237. The van der Waals surface area contributed by atoms with E-state index in [1.54, 1.807) is 6.08 Å². The van der Waals surface area contributed by atoms with E-state index in [9.17, 15) is 25.2 Å². The molecular weight excluding hydrogens is 434 g/mol. The molecule has 0 spiro atoms. The summed E-state index contributed by atoms with van der Waals surface area (Å²) in [6, 6.07) is 0. The molecule has 34 heavy (non-hydrogen) atoms. The Kier molecular flexibility index (Phi) is 5.64. The average molecular weight is 476 g/mol. The van der Waals surface area contributed by atoms with Gasteiger partial charge in [0.15, 0.2) is 0 Å². The van der Waals surface area contributed by atoms with Crippen LogP contribution in [0.2, 0.25) is 0 Å². The summed E-state index contributed by atoms with van der Waals surface area (Å²) in [7, 11) is 0. The molecule has 5 aliphatic rings. The molecule has 0 amide bonds. The topological polar surface area (TPSA) is 120 Å². The molecule has 1 heterocycles. The quantitative estimate of drug-likeness (QED) is 0.366. The number of carbonyl (C=O) groups excluding carboxylic acids is 1. The van der Waals surface area contributed by atoms with E-state index in [2.05, 4.69) is 6.92 Å². The SMILES string of the molecule is CC(C)(CO)N=C[C@]12CCC(O)CC1(O)CCC1[C@@H]2CC[C@]2(C)C(C3=CC(=O)OC3)CCC12O. The second-order valence-corrected chi connectivity index (χ2v) is 12.7. The van der Waals surface area contributed by atoms with Gasteiger partial charge >= 0.3 is 5.97 Å². The summed E-state index contributed by atoms with van der Waals surface area (Å²) >= 11 is 0. The third kappa shape index (κ3) is 3.30. The van der Waals surface area contributed by atoms with Gasteiger partial charge in [0, 0.05) is 29.5 Å². The van der Waals surface area contributed by atoms with E-state index < -0.39 is 28.3 Å². The Balaban J connectivity index is 1.54. The molecular formula is C27H41NO6. The number of carbonyl (C=O) groups is 1. The summed E-state index contributed by atoms with van der Waals surface area (Å²) in [5, 5.41) is 44.7. The van der Waals surface area contributed by atoms with E-state index in [1.165, 1.54) is 0 Å². The van der Waals surface area contributed by atoms with Crippen molar-refractivity contribution < 1.29 is 30.0 Å². The van der Waals surface area contributed by atoms with Crippen molar-refractivity contribution in [2.75, 3.05) is 13.2 Å². The first kappa shape index (κ1) is 24.4. The highest BCUT2D eigenvalue weighted by atomic mass is 16.5. The van der Waals surface area contributed by atoms with Crippen LogP contribution in [0.15, 0.2) is 16.6 Å². The molecule has 190 valence electrons. The van der Waals surface area contributed by atoms with Crippen molar-refractivity contribution in [1.29, 1.82) is 0 Å². The van der Waals surface area contributed by atoms with Crippen molar-refractivity contribution in [3.05, 3.63) is 11.6 Å². The normalized spacial score (nSPS) is 48.8. The number of rotatable bonds is 4. The highest BCUT2D eigenvalue weighted by Crippen LogP contribution is 2.70. The maximum absolute atomic E-state index is 12.4. The lowest BCUT2D eigenvalue weighted by Gasteiger charge is -2.65. The van der Waals surface area contributed by atoms with Crippen LogP contribution in [0.1, 0.15) is 78.6 Å². The van der Waals surface area contributed by atoms with Crippen LogP contribution in [0.5, 0.6) is 0 Å². The number of hydrogen-bond donors (Lipinski definition) is 4.